The first-order valence-corrected chi connectivity index (χ1v) is 14.7. The number of ether oxygens (including phenoxy) is 3. The molecule has 1 aliphatic carbocycles. The van der Waals surface area contributed by atoms with E-state index in [0.29, 0.717) is 24.5 Å². The van der Waals surface area contributed by atoms with Gasteiger partial charge in [0.2, 0.25) is 0 Å². The number of methoxy groups -OCH3 is 2. The Hall–Kier alpha value is -3.91. The summed E-state index contributed by atoms with van der Waals surface area (Å²) in [6.07, 6.45) is 4.51. The SMILES string of the molecule is CCOc1cc(CN2CC[C@H]3C(Cc4nc5cc(CC(=O)OC)ccc5o4)CC[C@H]32)cc(OC)c1-c1ccc(F)cc1. The molecule has 8 heteroatoms. The monoisotopic (exact) mass is 572 g/mol. The van der Waals surface area contributed by atoms with E-state index in [4.69, 9.17) is 23.6 Å². The topological polar surface area (TPSA) is 74.0 Å². The predicted molar refractivity (Wildman–Crippen MR) is 158 cm³/mol. The van der Waals surface area contributed by atoms with E-state index in [1.54, 1.807) is 19.2 Å². The van der Waals surface area contributed by atoms with Crippen molar-refractivity contribution in [1.82, 2.24) is 9.88 Å². The Morgan fingerprint density at radius 3 is 2.60 bits per heavy atom. The van der Waals surface area contributed by atoms with Crippen LogP contribution in [0.15, 0.2) is 59.0 Å². The van der Waals surface area contributed by atoms with Gasteiger partial charge in [-0.25, -0.2) is 9.37 Å². The number of aromatic nitrogens is 1. The Kier molecular flexibility index (Phi) is 8.16. The third kappa shape index (κ3) is 5.73. The highest BCUT2D eigenvalue weighted by Gasteiger charge is 2.44. The average molecular weight is 573 g/mol. The number of fused-ring (bicyclic) bond motifs is 2. The van der Waals surface area contributed by atoms with E-state index in [1.165, 1.54) is 19.2 Å². The number of halogens is 1. The van der Waals surface area contributed by atoms with Crippen molar-refractivity contribution in [3.63, 3.8) is 0 Å². The van der Waals surface area contributed by atoms with E-state index in [9.17, 15) is 9.18 Å². The minimum absolute atomic E-state index is 0.226. The van der Waals surface area contributed by atoms with Crippen molar-refractivity contribution in [2.75, 3.05) is 27.4 Å². The summed E-state index contributed by atoms with van der Waals surface area (Å²) in [7, 11) is 3.07. The van der Waals surface area contributed by atoms with Crippen LogP contribution in [0.4, 0.5) is 4.39 Å². The van der Waals surface area contributed by atoms with Gasteiger partial charge in [-0.1, -0.05) is 18.2 Å². The zero-order valence-corrected chi connectivity index (χ0v) is 24.4. The number of carbonyl (C=O) groups is 1. The molecule has 0 radical (unpaired) electrons. The van der Waals surface area contributed by atoms with Gasteiger partial charge in [-0.15, -0.1) is 0 Å². The summed E-state index contributed by atoms with van der Waals surface area (Å²) in [6.45, 7) is 4.36. The van der Waals surface area contributed by atoms with Crippen LogP contribution in [0.25, 0.3) is 22.2 Å². The fourth-order valence-corrected chi connectivity index (χ4v) is 6.92. The van der Waals surface area contributed by atoms with Crippen LogP contribution in [-0.4, -0.2) is 49.3 Å². The normalized spacial score (nSPS) is 20.1. The standard InChI is InChI=1S/C34H37FN2O5/c1-4-41-31-17-22(16-30(39-2)34(31)23-6-9-25(35)10-7-23)20-37-14-13-26-24(8-11-28(26)37)19-32-36-27-15-21(18-33(38)40-3)5-12-29(27)42-32/h5-7,9-10,12,15-17,24,26,28H,4,8,11,13-14,18-20H2,1-3H3/t24?,26-,28+/m0/s1. The number of rotatable bonds is 10. The van der Waals surface area contributed by atoms with E-state index in [0.717, 1.165) is 89.5 Å². The highest BCUT2D eigenvalue weighted by atomic mass is 19.1. The molecule has 6 rings (SSSR count). The molecule has 0 N–H and O–H groups in total. The van der Waals surface area contributed by atoms with Gasteiger partial charge in [-0.2, -0.15) is 0 Å². The number of hydrogen-bond donors (Lipinski definition) is 0. The van der Waals surface area contributed by atoms with Crippen LogP contribution in [-0.2, 0) is 28.9 Å². The molecular weight excluding hydrogens is 535 g/mol. The molecule has 220 valence electrons. The minimum Gasteiger partial charge on any atom is -0.496 e. The molecule has 0 bridgehead atoms. The molecule has 1 aromatic heterocycles. The molecule has 0 spiro atoms. The second-order valence-electron chi connectivity index (χ2n) is 11.3. The van der Waals surface area contributed by atoms with Crippen LogP contribution < -0.4 is 9.47 Å². The van der Waals surface area contributed by atoms with E-state index >= 15 is 0 Å². The molecule has 2 aliphatic rings. The van der Waals surface area contributed by atoms with Crippen molar-refractivity contribution in [3.05, 3.63) is 77.4 Å². The number of carbonyl (C=O) groups excluding carboxylic acids is 1. The van der Waals surface area contributed by atoms with Gasteiger partial charge in [0.1, 0.15) is 22.8 Å². The van der Waals surface area contributed by atoms with Gasteiger partial charge in [0.15, 0.2) is 11.5 Å². The molecule has 0 amide bonds. The Labute approximate surface area is 245 Å². The summed E-state index contributed by atoms with van der Waals surface area (Å²) in [5, 5.41) is 0. The number of benzene rings is 3. The molecule has 1 unspecified atom stereocenters. The Bertz CT molecular complexity index is 1570. The fraction of sp³-hybridized carbons (Fsp3) is 0.412. The molecule has 1 aliphatic heterocycles. The first-order chi connectivity index (χ1) is 20.4. The molecule has 3 atom stereocenters. The van der Waals surface area contributed by atoms with E-state index in [1.807, 2.05) is 25.1 Å². The lowest BCUT2D eigenvalue weighted by Gasteiger charge is -2.25. The number of esters is 1. The molecule has 42 heavy (non-hydrogen) atoms. The summed E-state index contributed by atoms with van der Waals surface area (Å²) >= 11 is 0. The van der Waals surface area contributed by atoms with Crippen LogP contribution in [0.5, 0.6) is 11.5 Å². The first kappa shape index (κ1) is 28.2. The number of likely N-dealkylation sites (tertiary alicyclic amines) is 1. The van der Waals surface area contributed by atoms with Gasteiger partial charge in [-0.05, 0) is 97.7 Å². The Balaban J connectivity index is 1.16. The second kappa shape index (κ2) is 12.1. The molecular formula is C34H37FN2O5. The maximum atomic E-state index is 13.6. The lowest BCUT2D eigenvalue weighted by atomic mass is 9.90. The second-order valence-corrected chi connectivity index (χ2v) is 11.3. The highest BCUT2D eigenvalue weighted by Crippen LogP contribution is 2.45. The van der Waals surface area contributed by atoms with Crippen molar-refractivity contribution in [1.29, 1.82) is 0 Å². The fourth-order valence-electron chi connectivity index (χ4n) is 6.92. The van der Waals surface area contributed by atoms with Gasteiger partial charge in [0.25, 0.3) is 0 Å². The van der Waals surface area contributed by atoms with Crippen molar-refractivity contribution >= 4 is 17.1 Å². The Morgan fingerprint density at radius 1 is 1.02 bits per heavy atom. The Morgan fingerprint density at radius 2 is 1.83 bits per heavy atom. The van der Waals surface area contributed by atoms with E-state index < -0.39 is 0 Å². The number of nitrogens with zero attached hydrogens (tertiary/aromatic N) is 2. The molecule has 1 saturated carbocycles. The van der Waals surface area contributed by atoms with Gasteiger partial charge >= 0.3 is 5.97 Å². The van der Waals surface area contributed by atoms with Crippen LogP contribution in [0.2, 0.25) is 0 Å². The predicted octanol–water partition coefficient (Wildman–Crippen LogP) is 6.60. The van der Waals surface area contributed by atoms with Gasteiger partial charge in [0.05, 0.1) is 32.8 Å². The third-order valence-corrected chi connectivity index (χ3v) is 8.82. The molecule has 7 nitrogen and oxygen atoms in total. The van der Waals surface area contributed by atoms with Crippen molar-refractivity contribution in [2.24, 2.45) is 11.8 Å². The van der Waals surface area contributed by atoms with E-state index in [2.05, 4.69) is 17.0 Å². The number of oxazole rings is 1. The van der Waals surface area contributed by atoms with Crippen LogP contribution in [0.3, 0.4) is 0 Å². The quantitative estimate of drug-likeness (QED) is 0.198. The average Bonchev–Trinajstić information content (AvgIpc) is 3.70. The van der Waals surface area contributed by atoms with Crippen LogP contribution in [0, 0.1) is 17.7 Å². The summed E-state index contributed by atoms with van der Waals surface area (Å²) in [5.41, 5.74) is 5.27. The maximum absolute atomic E-state index is 13.6. The summed E-state index contributed by atoms with van der Waals surface area (Å²) in [4.78, 5) is 19.0. The molecule has 3 aromatic carbocycles. The van der Waals surface area contributed by atoms with Crippen LogP contribution >= 0.6 is 0 Å². The van der Waals surface area contributed by atoms with Crippen molar-refractivity contribution in [2.45, 2.75) is 51.6 Å². The smallest absolute Gasteiger partial charge is 0.309 e. The molecule has 2 heterocycles. The van der Waals surface area contributed by atoms with E-state index in [-0.39, 0.29) is 18.2 Å². The lowest BCUT2D eigenvalue weighted by molar-refractivity contribution is -0.139. The highest BCUT2D eigenvalue weighted by molar-refractivity contribution is 5.78. The van der Waals surface area contributed by atoms with Gasteiger partial charge in [-0.3, -0.25) is 9.69 Å². The van der Waals surface area contributed by atoms with Crippen molar-refractivity contribution < 1.29 is 27.8 Å². The first-order valence-electron chi connectivity index (χ1n) is 14.7. The van der Waals surface area contributed by atoms with Gasteiger partial charge in [0, 0.05) is 19.0 Å². The summed E-state index contributed by atoms with van der Waals surface area (Å²) < 4.78 is 36.4. The maximum Gasteiger partial charge on any atom is 0.309 e. The zero-order chi connectivity index (χ0) is 29.2. The lowest BCUT2D eigenvalue weighted by Crippen LogP contribution is -2.30. The third-order valence-electron chi connectivity index (χ3n) is 8.82. The molecule has 2 fully saturated rings. The largest absolute Gasteiger partial charge is 0.496 e. The van der Waals surface area contributed by atoms with Crippen molar-refractivity contribution in [3.8, 4) is 22.6 Å². The summed E-state index contributed by atoms with van der Waals surface area (Å²) in [6, 6.07) is 16.9. The zero-order valence-electron chi connectivity index (χ0n) is 24.4. The molecule has 1 saturated heterocycles. The summed E-state index contributed by atoms with van der Waals surface area (Å²) in [5.74, 6) is 2.84. The number of hydrogen-bond acceptors (Lipinski definition) is 7. The van der Waals surface area contributed by atoms with Gasteiger partial charge < -0.3 is 18.6 Å². The molecule has 4 aromatic rings. The minimum atomic E-state index is -0.272. The van der Waals surface area contributed by atoms with Crippen LogP contribution in [0.1, 0.15) is 43.2 Å².